The van der Waals surface area contributed by atoms with Crippen molar-refractivity contribution in [3.05, 3.63) is 33.7 Å². The zero-order valence-electron chi connectivity index (χ0n) is 12.8. The molecule has 1 aromatic carbocycles. The second kappa shape index (κ2) is 7.40. The van der Waals surface area contributed by atoms with E-state index in [-0.39, 0.29) is 10.9 Å². The lowest BCUT2D eigenvalue weighted by molar-refractivity contribution is -0.135. The van der Waals surface area contributed by atoms with E-state index in [0.717, 1.165) is 24.6 Å². The molecule has 5 nitrogen and oxygen atoms in total. The standard InChI is InChI=1S/C17H16ClNO4S/c18-13-9-12(23-15(20)7-10-3-1-2-4-10)6-5-11(13)8-14-16(21)19-17(22)24-14/h5-6,8-10H,1-4,7H2,(H,19,21,22)/b14-8-. The fourth-order valence-electron chi connectivity index (χ4n) is 2.87. The molecule has 0 atom stereocenters. The Labute approximate surface area is 148 Å². The number of esters is 1. The molecular weight excluding hydrogens is 350 g/mol. The molecule has 0 spiro atoms. The largest absolute Gasteiger partial charge is 0.426 e. The van der Waals surface area contributed by atoms with Crippen LogP contribution < -0.4 is 10.1 Å². The zero-order chi connectivity index (χ0) is 17.1. The Hall–Kier alpha value is -1.79. The minimum Gasteiger partial charge on any atom is -0.426 e. The molecule has 1 aliphatic carbocycles. The van der Waals surface area contributed by atoms with Crippen LogP contribution in [0.2, 0.25) is 5.02 Å². The van der Waals surface area contributed by atoms with E-state index in [2.05, 4.69) is 5.32 Å². The topological polar surface area (TPSA) is 72.5 Å². The van der Waals surface area contributed by atoms with Crippen LogP contribution in [0.3, 0.4) is 0 Å². The lowest BCUT2D eigenvalue weighted by atomic mass is 10.0. The van der Waals surface area contributed by atoms with Crippen molar-refractivity contribution in [3.63, 3.8) is 0 Å². The van der Waals surface area contributed by atoms with Crippen molar-refractivity contribution in [1.82, 2.24) is 5.32 Å². The van der Waals surface area contributed by atoms with E-state index in [1.165, 1.54) is 18.9 Å². The van der Waals surface area contributed by atoms with Crippen LogP contribution in [0.1, 0.15) is 37.7 Å². The molecule has 1 aliphatic heterocycles. The first-order valence-electron chi connectivity index (χ1n) is 7.76. The van der Waals surface area contributed by atoms with Crippen molar-refractivity contribution in [2.75, 3.05) is 0 Å². The highest BCUT2D eigenvalue weighted by molar-refractivity contribution is 8.18. The number of rotatable bonds is 4. The minimum absolute atomic E-state index is 0.250. The third kappa shape index (κ3) is 4.19. The van der Waals surface area contributed by atoms with E-state index >= 15 is 0 Å². The molecule has 0 aromatic heterocycles. The van der Waals surface area contributed by atoms with E-state index in [4.69, 9.17) is 16.3 Å². The molecule has 7 heteroatoms. The molecule has 2 amide bonds. The molecule has 24 heavy (non-hydrogen) atoms. The molecule has 0 unspecified atom stereocenters. The normalized spacial score (nSPS) is 19.8. The number of halogens is 1. The summed E-state index contributed by atoms with van der Waals surface area (Å²) < 4.78 is 5.34. The number of carbonyl (C=O) groups is 3. The van der Waals surface area contributed by atoms with Crippen LogP contribution >= 0.6 is 23.4 Å². The lowest BCUT2D eigenvalue weighted by Crippen LogP contribution is -2.17. The van der Waals surface area contributed by atoms with Crippen molar-refractivity contribution in [3.8, 4) is 5.75 Å². The molecule has 1 N–H and O–H groups in total. The number of hydrogen-bond acceptors (Lipinski definition) is 5. The van der Waals surface area contributed by atoms with Crippen LogP contribution in [0.4, 0.5) is 4.79 Å². The predicted molar refractivity (Wildman–Crippen MR) is 92.8 cm³/mol. The van der Waals surface area contributed by atoms with Crippen molar-refractivity contribution in [2.24, 2.45) is 5.92 Å². The van der Waals surface area contributed by atoms with Gasteiger partial charge in [-0.05, 0) is 54.3 Å². The monoisotopic (exact) mass is 365 g/mol. The highest BCUT2D eigenvalue weighted by Gasteiger charge is 2.25. The fourth-order valence-corrected chi connectivity index (χ4v) is 3.77. The van der Waals surface area contributed by atoms with Crippen molar-refractivity contribution >= 4 is 46.6 Å². The molecule has 1 aromatic rings. The molecule has 3 rings (SSSR count). The van der Waals surface area contributed by atoms with Gasteiger partial charge in [-0.15, -0.1) is 0 Å². The Bertz CT molecular complexity index is 725. The third-order valence-electron chi connectivity index (χ3n) is 4.06. The van der Waals surface area contributed by atoms with Gasteiger partial charge in [0.1, 0.15) is 5.75 Å². The molecule has 1 saturated carbocycles. The average Bonchev–Trinajstić information content (AvgIpc) is 3.12. The van der Waals surface area contributed by atoms with Gasteiger partial charge in [0.2, 0.25) is 0 Å². The van der Waals surface area contributed by atoms with Crippen LogP contribution in [0, 0.1) is 5.92 Å². The van der Waals surface area contributed by atoms with Gasteiger partial charge in [0.15, 0.2) is 0 Å². The van der Waals surface area contributed by atoms with Crippen molar-refractivity contribution < 1.29 is 19.1 Å². The molecule has 1 saturated heterocycles. The number of imide groups is 1. The van der Waals surface area contributed by atoms with Gasteiger partial charge in [-0.1, -0.05) is 24.4 Å². The molecule has 1 heterocycles. The fraction of sp³-hybridized carbons (Fsp3) is 0.353. The average molecular weight is 366 g/mol. The maximum atomic E-state index is 12.0. The maximum absolute atomic E-state index is 12.0. The highest BCUT2D eigenvalue weighted by atomic mass is 35.5. The minimum atomic E-state index is -0.437. The van der Waals surface area contributed by atoms with Crippen LogP contribution in [0.15, 0.2) is 23.1 Å². The number of benzene rings is 1. The SMILES string of the molecule is O=C(CC1CCCC1)Oc1ccc(/C=C2\SC(=O)NC2=O)c(Cl)c1. The summed E-state index contributed by atoms with van der Waals surface area (Å²) >= 11 is 7.01. The van der Waals surface area contributed by atoms with Gasteiger partial charge in [-0.25, -0.2) is 0 Å². The van der Waals surface area contributed by atoms with Gasteiger partial charge in [0.05, 0.1) is 9.93 Å². The Kier molecular flexibility index (Phi) is 5.26. The zero-order valence-corrected chi connectivity index (χ0v) is 14.4. The van der Waals surface area contributed by atoms with Crippen LogP contribution in [-0.2, 0) is 9.59 Å². The number of carbonyl (C=O) groups excluding carboxylic acids is 3. The molecular formula is C17H16ClNO4S. The van der Waals surface area contributed by atoms with Gasteiger partial charge >= 0.3 is 5.97 Å². The second-order valence-electron chi connectivity index (χ2n) is 5.86. The second-order valence-corrected chi connectivity index (χ2v) is 7.29. The van der Waals surface area contributed by atoms with Crippen LogP contribution in [-0.4, -0.2) is 17.1 Å². The Balaban J connectivity index is 1.66. The summed E-state index contributed by atoms with van der Waals surface area (Å²) in [5, 5.41) is 2.13. The number of ether oxygens (including phenoxy) is 1. The Morgan fingerprint density at radius 1 is 1.33 bits per heavy atom. The Morgan fingerprint density at radius 2 is 2.08 bits per heavy atom. The maximum Gasteiger partial charge on any atom is 0.311 e. The summed E-state index contributed by atoms with van der Waals surface area (Å²) in [5.74, 6) is 0.116. The molecule has 2 fully saturated rings. The third-order valence-corrected chi connectivity index (χ3v) is 5.20. The van der Waals surface area contributed by atoms with E-state index in [1.807, 2.05) is 0 Å². The first-order chi connectivity index (χ1) is 11.5. The predicted octanol–water partition coefficient (Wildman–Crippen LogP) is 4.15. The molecule has 2 aliphatic rings. The van der Waals surface area contributed by atoms with Gasteiger partial charge in [-0.2, -0.15) is 0 Å². The summed E-state index contributed by atoms with van der Waals surface area (Å²) in [7, 11) is 0. The van der Waals surface area contributed by atoms with Crippen LogP contribution in [0.25, 0.3) is 6.08 Å². The van der Waals surface area contributed by atoms with Gasteiger partial charge < -0.3 is 4.74 Å². The smallest absolute Gasteiger partial charge is 0.311 e. The molecule has 0 bridgehead atoms. The summed E-state index contributed by atoms with van der Waals surface area (Å²) in [6.07, 6.45) is 6.50. The van der Waals surface area contributed by atoms with Crippen molar-refractivity contribution in [2.45, 2.75) is 32.1 Å². The molecule has 0 radical (unpaired) electrons. The van der Waals surface area contributed by atoms with Crippen LogP contribution in [0.5, 0.6) is 5.75 Å². The first-order valence-corrected chi connectivity index (χ1v) is 8.96. The highest BCUT2D eigenvalue weighted by Crippen LogP contribution is 2.31. The molecule has 126 valence electrons. The summed E-state index contributed by atoms with van der Waals surface area (Å²) in [4.78, 5) is 34.9. The van der Waals surface area contributed by atoms with E-state index in [1.54, 1.807) is 18.2 Å². The van der Waals surface area contributed by atoms with Gasteiger partial charge in [0, 0.05) is 12.5 Å². The van der Waals surface area contributed by atoms with E-state index in [9.17, 15) is 14.4 Å². The van der Waals surface area contributed by atoms with Gasteiger partial charge in [0.25, 0.3) is 11.1 Å². The number of hydrogen-bond donors (Lipinski definition) is 1. The van der Waals surface area contributed by atoms with Crippen molar-refractivity contribution in [1.29, 1.82) is 0 Å². The summed E-state index contributed by atoms with van der Waals surface area (Å²) in [6, 6.07) is 4.83. The number of nitrogens with one attached hydrogen (secondary N) is 1. The summed E-state index contributed by atoms with van der Waals surface area (Å²) in [5.41, 5.74) is 0.583. The van der Waals surface area contributed by atoms with E-state index in [0.29, 0.717) is 28.7 Å². The summed E-state index contributed by atoms with van der Waals surface area (Å²) in [6.45, 7) is 0. The number of thioether (sulfide) groups is 1. The lowest BCUT2D eigenvalue weighted by Gasteiger charge is -2.09. The Morgan fingerprint density at radius 3 is 2.71 bits per heavy atom. The van der Waals surface area contributed by atoms with Gasteiger partial charge in [-0.3, -0.25) is 19.7 Å². The van der Waals surface area contributed by atoms with E-state index < -0.39 is 11.1 Å². The number of amides is 2. The quantitative estimate of drug-likeness (QED) is 0.493. The first kappa shape index (κ1) is 17.0.